The molecule has 2 aliphatic carbocycles. The first-order chi connectivity index (χ1) is 27.4. The van der Waals surface area contributed by atoms with Crippen LogP contribution in [0.25, 0.3) is 22.1 Å². The summed E-state index contributed by atoms with van der Waals surface area (Å²) < 4.78 is 67.7. The molecule has 18 nitrogen and oxygen atoms in total. The number of primary sulfonamides is 1. The molecule has 0 radical (unpaired) electrons. The minimum Gasteiger partial charge on any atom is -0.356 e. The van der Waals surface area contributed by atoms with Gasteiger partial charge in [0.25, 0.3) is 0 Å². The predicted molar refractivity (Wildman–Crippen MR) is 220 cm³/mol. The first-order valence-corrected chi connectivity index (χ1v) is 24.6. The van der Waals surface area contributed by atoms with Gasteiger partial charge < -0.3 is 25.9 Å². The number of aryl methyl sites for hydroxylation is 2. The number of fused-ring (bicyclic) bond motifs is 6. The summed E-state index contributed by atoms with van der Waals surface area (Å²) in [7, 11) is -9.84. The number of aromatic amines is 2. The van der Waals surface area contributed by atoms with Gasteiger partial charge in [0, 0.05) is 54.5 Å². The number of carbonyl (C=O) groups excluding carboxylic acids is 2. The fourth-order valence-electron chi connectivity index (χ4n) is 7.23. The number of H-pyrrole nitrogens is 2. The number of sulfonamides is 1. The third-order valence-electron chi connectivity index (χ3n) is 10.1. The highest BCUT2D eigenvalue weighted by molar-refractivity contribution is 7.91. The van der Waals surface area contributed by atoms with E-state index in [2.05, 4.69) is 45.9 Å². The molecule has 2 atom stereocenters. The van der Waals surface area contributed by atoms with Gasteiger partial charge in [-0.3, -0.25) is 9.59 Å². The molecule has 7 N–H and O–H groups in total. The molecule has 1 aromatic carbocycles. The Hall–Kier alpha value is -4.70. The van der Waals surface area contributed by atoms with Crippen LogP contribution in [0.4, 0.5) is 11.5 Å². The highest BCUT2D eigenvalue weighted by Crippen LogP contribution is 2.36. The van der Waals surface area contributed by atoms with Crippen LogP contribution < -0.4 is 21.1 Å². The number of aromatic nitrogens is 6. The average molecular weight is 877 g/mol. The molecule has 0 fully saturated rings. The second-order valence-corrected chi connectivity index (χ2v) is 21.1. The Kier molecular flexibility index (Phi) is 13.1. The Labute approximate surface area is 340 Å². The monoisotopic (exact) mass is 876 g/mol. The van der Waals surface area contributed by atoms with Crippen molar-refractivity contribution in [3.63, 3.8) is 0 Å². The fraction of sp³-hybridized carbons (Fsp3) is 0.444. The zero-order valence-corrected chi connectivity index (χ0v) is 35.0. The number of amides is 2. The van der Waals surface area contributed by atoms with Crippen LogP contribution in [0.5, 0.6) is 0 Å². The van der Waals surface area contributed by atoms with E-state index in [0.29, 0.717) is 79.6 Å². The molecular weight excluding hydrogens is 832 g/mol. The van der Waals surface area contributed by atoms with Gasteiger partial charge in [0.05, 0.1) is 27.2 Å². The van der Waals surface area contributed by atoms with Gasteiger partial charge in [-0.15, -0.1) is 0 Å². The van der Waals surface area contributed by atoms with Crippen LogP contribution in [-0.4, -0.2) is 104 Å². The van der Waals surface area contributed by atoms with Crippen molar-refractivity contribution in [1.29, 1.82) is 0 Å². The Balaban J connectivity index is 0.000000208. The smallest absolute Gasteiger partial charge is 0.238 e. The molecule has 4 aromatic heterocycles. The van der Waals surface area contributed by atoms with E-state index in [9.17, 15) is 34.8 Å². The van der Waals surface area contributed by atoms with Crippen molar-refractivity contribution in [2.75, 3.05) is 42.4 Å². The van der Waals surface area contributed by atoms with Crippen molar-refractivity contribution in [1.82, 2.24) is 40.5 Å². The molecule has 22 heteroatoms. The highest BCUT2D eigenvalue weighted by atomic mass is 35.5. The van der Waals surface area contributed by atoms with Gasteiger partial charge in [0.15, 0.2) is 0 Å². The molecule has 0 spiro atoms. The van der Waals surface area contributed by atoms with Crippen LogP contribution in [0.2, 0.25) is 5.15 Å². The third kappa shape index (κ3) is 10.9. The SMILES string of the molecule is CS(=O)(=O)CCCNC(=O)C1CCc2[nH]c3ncnc(Cl)c3c2C1.CS(=O)(=O)CCCNC(=O)C1CCc2[nH]c3ncnc(Nc4ccc(S(N)(=O)=O)cc4)c3c2C1. The van der Waals surface area contributed by atoms with Crippen molar-refractivity contribution >= 4 is 86.7 Å². The van der Waals surface area contributed by atoms with Gasteiger partial charge in [-0.2, -0.15) is 0 Å². The van der Waals surface area contributed by atoms with E-state index in [1.165, 1.54) is 37.3 Å². The van der Waals surface area contributed by atoms with Crippen molar-refractivity contribution < 1.29 is 34.8 Å². The Morgan fingerprint density at radius 2 is 1.22 bits per heavy atom. The number of hydrogen-bond acceptors (Lipinski definition) is 13. The lowest BCUT2D eigenvalue weighted by molar-refractivity contribution is -0.126. The summed E-state index contributed by atoms with van der Waals surface area (Å²) in [6, 6.07) is 6.01. The lowest BCUT2D eigenvalue weighted by Gasteiger charge is -2.22. The van der Waals surface area contributed by atoms with E-state index in [1.54, 1.807) is 12.1 Å². The molecule has 7 rings (SSSR count). The van der Waals surface area contributed by atoms with Crippen LogP contribution >= 0.6 is 11.6 Å². The molecule has 2 unspecified atom stereocenters. The predicted octanol–water partition coefficient (Wildman–Crippen LogP) is 2.27. The topological polar surface area (TPSA) is 282 Å². The number of halogens is 1. The minimum atomic E-state index is -3.79. The molecule has 58 heavy (non-hydrogen) atoms. The summed E-state index contributed by atoms with van der Waals surface area (Å²) in [6.07, 6.45) is 9.94. The van der Waals surface area contributed by atoms with Gasteiger partial charge in [-0.1, -0.05) is 11.6 Å². The molecule has 4 heterocycles. The molecule has 0 saturated carbocycles. The number of benzene rings is 1. The van der Waals surface area contributed by atoms with E-state index in [4.69, 9.17) is 16.7 Å². The Morgan fingerprint density at radius 1 is 0.741 bits per heavy atom. The van der Waals surface area contributed by atoms with Crippen molar-refractivity contribution in [2.24, 2.45) is 17.0 Å². The van der Waals surface area contributed by atoms with E-state index in [0.717, 1.165) is 46.1 Å². The number of carbonyl (C=O) groups is 2. The van der Waals surface area contributed by atoms with E-state index >= 15 is 0 Å². The summed E-state index contributed by atoms with van der Waals surface area (Å²) in [5.74, 6) is 0.125. The largest absolute Gasteiger partial charge is 0.356 e. The Morgan fingerprint density at radius 3 is 1.72 bits per heavy atom. The summed E-state index contributed by atoms with van der Waals surface area (Å²) in [5.41, 5.74) is 6.02. The second-order valence-electron chi connectivity index (χ2n) is 14.6. The maximum Gasteiger partial charge on any atom is 0.238 e. The summed E-state index contributed by atoms with van der Waals surface area (Å²) in [4.78, 5) is 48.5. The normalized spacial score (nSPS) is 16.8. The zero-order chi connectivity index (χ0) is 41.8. The van der Waals surface area contributed by atoms with Gasteiger partial charge in [0.1, 0.15) is 54.6 Å². The maximum absolute atomic E-state index is 12.7. The molecule has 0 saturated heterocycles. The first kappa shape index (κ1) is 42.9. The van der Waals surface area contributed by atoms with Gasteiger partial charge in [0.2, 0.25) is 21.8 Å². The molecule has 0 bridgehead atoms. The maximum atomic E-state index is 12.7. The summed E-state index contributed by atoms with van der Waals surface area (Å²) >= 11 is 6.18. The molecule has 0 aliphatic heterocycles. The molecular formula is C36H45ClN10O8S3. The van der Waals surface area contributed by atoms with Gasteiger partial charge >= 0.3 is 0 Å². The van der Waals surface area contributed by atoms with Crippen molar-refractivity contribution in [3.8, 4) is 0 Å². The van der Waals surface area contributed by atoms with Crippen LogP contribution in [0.1, 0.15) is 48.2 Å². The Bertz CT molecular complexity index is 2670. The zero-order valence-electron chi connectivity index (χ0n) is 31.8. The van der Waals surface area contributed by atoms with Crippen molar-refractivity contribution in [3.05, 3.63) is 64.6 Å². The molecule has 2 amide bonds. The minimum absolute atomic E-state index is 0.00954. The average Bonchev–Trinajstić information content (AvgIpc) is 3.73. The quantitative estimate of drug-likeness (QED) is 0.0733. The summed E-state index contributed by atoms with van der Waals surface area (Å²) in [6.45, 7) is 0.681. The molecule has 5 aromatic rings. The number of sulfone groups is 2. The van der Waals surface area contributed by atoms with Gasteiger partial charge in [-0.25, -0.2) is 50.3 Å². The lowest BCUT2D eigenvalue weighted by Crippen LogP contribution is -2.35. The first-order valence-electron chi connectivity index (χ1n) is 18.5. The molecule has 2 aliphatic rings. The van der Waals surface area contributed by atoms with Crippen molar-refractivity contribution in [2.45, 2.75) is 56.3 Å². The third-order valence-corrected chi connectivity index (χ3v) is 13.4. The standard InChI is InChI=1S/C21H26N6O5S2.C15H19ClN4O3S/c1-33(29,30)10-2-9-23-21(28)13-3-8-17-16(11-13)18-19(24-12-25-20(18)27-17)26-14-4-6-15(7-5-14)34(22,31)32;1-24(22,23)6-2-5-17-15(21)9-3-4-11-10(7-9)12-13(16)18-8-19-14(12)20-11/h4-7,12-13H,2-3,8-11H2,1H3,(H,23,28)(H2,22,31,32)(H2,24,25,26,27);8-9H,2-7H2,1H3,(H,17,21)(H,18,19,20). The second kappa shape index (κ2) is 17.7. The van der Waals surface area contributed by atoms with Gasteiger partial charge in [-0.05, 0) is 86.8 Å². The number of nitrogens with one attached hydrogen (secondary N) is 5. The van der Waals surface area contributed by atoms with E-state index in [-0.39, 0.29) is 40.1 Å². The van der Waals surface area contributed by atoms with E-state index in [1.807, 2.05) is 0 Å². The molecule has 312 valence electrons. The number of nitrogens with two attached hydrogens (primary N) is 1. The van der Waals surface area contributed by atoms with Crippen LogP contribution in [0, 0.1) is 11.8 Å². The lowest BCUT2D eigenvalue weighted by atomic mass is 9.86. The van der Waals surface area contributed by atoms with Crippen LogP contribution in [0.15, 0.2) is 41.8 Å². The van der Waals surface area contributed by atoms with Crippen LogP contribution in [0.3, 0.4) is 0 Å². The number of nitrogens with zero attached hydrogens (tertiary/aromatic N) is 4. The number of hydrogen-bond donors (Lipinski definition) is 6. The summed E-state index contributed by atoms with van der Waals surface area (Å²) in [5, 5.41) is 16.0. The van der Waals surface area contributed by atoms with Crippen LogP contribution in [-0.2, 0) is 65.0 Å². The number of rotatable bonds is 13. The van der Waals surface area contributed by atoms with E-state index < -0.39 is 29.7 Å². The number of anilines is 2. The fourth-order valence-corrected chi connectivity index (χ4v) is 9.33. The highest BCUT2D eigenvalue weighted by Gasteiger charge is 2.30.